The van der Waals surface area contributed by atoms with E-state index >= 15 is 0 Å². The van der Waals surface area contributed by atoms with Crippen LogP contribution in [0.25, 0.3) is 0 Å². The fourth-order valence-corrected chi connectivity index (χ4v) is 4.23. The van der Waals surface area contributed by atoms with Crippen molar-refractivity contribution >= 4 is 21.6 Å². The van der Waals surface area contributed by atoms with E-state index in [1.165, 1.54) is 12.7 Å². The average Bonchev–Trinajstić information content (AvgIpc) is 2.72. The number of rotatable bonds is 7. The van der Waals surface area contributed by atoms with Crippen molar-refractivity contribution in [3.63, 3.8) is 0 Å². The lowest BCUT2D eigenvalue weighted by Gasteiger charge is -2.35. The van der Waals surface area contributed by atoms with Crippen LogP contribution < -0.4 is 9.04 Å². The minimum Gasteiger partial charge on any atom is -0.497 e. The molecule has 1 saturated heterocycles. The highest BCUT2D eigenvalue weighted by Gasteiger charge is 2.26. The molecule has 8 heteroatoms. The minimum atomic E-state index is -3.61. The lowest BCUT2D eigenvalue weighted by molar-refractivity contribution is -0.131. The van der Waals surface area contributed by atoms with E-state index in [1.54, 1.807) is 29.2 Å². The van der Waals surface area contributed by atoms with Crippen LogP contribution in [0.3, 0.4) is 0 Å². The predicted molar refractivity (Wildman–Crippen MR) is 113 cm³/mol. The summed E-state index contributed by atoms with van der Waals surface area (Å²) in [4.78, 5) is 16.9. The monoisotopic (exact) mass is 417 g/mol. The highest BCUT2D eigenvalue weighted by molar-refractivity contribution is 7.92. The molecular weight excluding hydrogens is 390 g/mol. The summed E-state index contributed by atoms with van der Waals surface area (Å²) in [6.45, 7) is 3.33. The number of hydrogen-bond donors (Lipinski definition) is 0. The molecule has 0 aromatic heterocycles. The normalized spacial score (nSPS) is 15.2. The summed E-state index contributed by atoms with van der Waals surface area (Å²) >= 11 is 0. The lowest BCUT2D eigenvalue weighted by Crippen LogP contribution is -2.51. The van der Waals surface area contributed by atoms with Crippen LogP contribution in [0.15, 0.2) is 54.6 Å². The zero-order chi connectivity index (χ0) is 20.9. The highest BCUT2D eigenvalue weighted by atomic mass is 32.2. The number of carbonyl (C=O) groups is 1. The number of ether oxygens (including phenoxy) is 1. The maximum absolute atomic E-state index is 12.8. The molecule has 1 fully saturated rings. The number of sulfonamides is 1. The molecule has 0 N–H and O–H groups in total. The Morgan fingerprint density at radius 1 is 1.03 bits per heavy atom. The molecule has 0 spiro atoms. The van der Waals surface area contributed by atoms with Gasteiger partial charge in [-0.15, -0.1) is 0 Å². The van der Waals surface area contributed by atoms with E-state index in [1.807, 2.05) is 18.2 Å². The van der Waals surface area contributed by atoms with Crippen LogP contribution in [0.5, 0.6) is 5.75 Å². The first-order valence-corrected chi connectivity index (χ1v) is 11.4. The lowest BCUT2D eigenvalue weighted by atomic mass is 10.2. The summed E-state index contributed by atoms with van der Waals surface area (Å²) < 4.78 is 30.9. The fourth-order valence-electron chi connectivity index (χ4n) is 3.39. The molecule has 0 aliphatic carbocycles. The second kappa shape index (κ2) is 9.28. The first kappa shape index (κ1) is 21.1. The summed E-state index contributed by atoms with van der Waals surface area (Å²) in [6, 6.07) is 16.9. The van der Waals surface area contributed by atoms with E-state index in [0.717, 1.165) is 30.2 Å². The Morgan fingerprint density at radius 2 is 1.72 bits per heavy atom. The van der Waals surface area contributed by atoms with E-state index in [9.17, 15) is 13.2 Å². The van der Waals surface area contributed by atoms with Gasteiger partial charge in [-0.2, -0.15) is 0 Å². The van der Waals surface area contributed by atoms with Gasteiger partial charge in [0.05, 0.1) is 19.1 Å². The van der Waals surface area contributed by atoms with Gasteiger partial charge in [0.1, 0.15) is 12.3 Å². The van der Waals surface area contributed by atoms with Gasteiger partial charge in [0, 0.05) is 38.8 Å². The molecule has 0 saturated carbocycles. The summed E-state index contributed by atoms with van der Waals surface area (Å²) in [5.41, 5.74) is 1.66. The van der Waals surface area contributed by atoms with Gasteiger partial charge in [0.25, 0.3) is 0 Å². The standard InChI is InChI=1S/C21H27N3O4S/c1-28-20-10-6-9-19(15-20)24(29(2,26)27)17-21(25)23-13-11-22(12-14-23)16-18-7-4-3-5-8-18/h3-10,15H,11-14,16-17H2,1-2H3. The Balaban J connectivity index is 1.62. The Labute approximate surface area is 172 Å². The Bertz CT molecular complexity index is 926. The molecule has 0 radical (unpaired) electrons. The highest BCUT2D eigenvalue weighted by Crippen LogP contribution is 2.23. The third kappa shape index (κ3) is 5.71. The molecule has 7 nitrogen and oxygen atoms in total. The maximum Gasteiger partial charge on any atom is 0.243 e. The largest absolute Gasteiger partial charge is 0.497 e. The molecule has 2 aromatic carbocycles. The van der Waals surface area contributed by atoms with Crippen LogP contribution >= 0.6 is 0 Å². The molecule has 2 aromatic rings. The van der Waals surface area contributed by atoms with Crippen LogP contribution in [0, 0.1) is 0 Å². The first-order chi connectivity index (χ1) is 13.9. The second-order valence-electron chi connectivity index (χ2n) is 7.11. The van der Waals surface area contributed by atoms with E-state index < -0.39 is 10.0 Å². The van der Waals surface area contributed by atoms with Crippen molar-refractivity contribution in [3.8, 4) is 5.75 Å². The first-order valence-electron chi connectivity index (χ1n) is 9.52. The molecule has 1 heterocycles. The quantitative estimate of drug-likeness (QED) is 0.687. The van der Waals surface area contributed by atoms with Gasteiger partial charge in [-0.25, -0.2) is 8.42 Å². The van der Waals surface area contributed by atoms with E-state index in [4.69, 9.17) is 4.74 Å². The van der Waals surface area contributed by atoms with Crippen molar-refractivity contribution < 1.29 is 17.9 Å². The topological polar surface area (TPSA) is 70.2 Å². The van der Waals surface area contributed by atoms with Crippen molar-refractivity contribution in [1.29, 1.82) is 0 Å². The van der Waals surface area contributed by atoms with Gasteiger partial charge >= 0.3 is 0 Å². The molecule has 0 atom stereocenters. The summed E-state index contributed by atoms with van der Waals surface area (Å²) in [5, 5.41) is 0. The molecule has 156 valence electrons. The van der Waals surface area contributed by atoms with Crippen LogP contribution in [-0.4, -0.2) is 70.2 Å². The number of piperazine rings is 1. The number of nitrogens with zero attached hydrogens (tertiary/aromatic N) is 3. The van der Waals surface area contributed by atoms with Crippen molar-refractivity contribution in [2.75, 3.05) is 50.4 Å². The van der Waals surface area contributed by atoms with Gasteiger partial charge in [0.15, 0.2) is 0 Å². The number of benzene rings is 2. The number of anilines is 1. The fraction of sp³-hybridized carbons (Fsp3) is 0.381. The van der Waals surface area contributed by atoms with Gasteiger partial charge in [-0.3, -0.25) is 14.0 Å². The predicted octanol–water partition coefficient (Wildman–Crippen LogP) is 1.81. The molecule has 1 aliphatic heterocycles. The molecule has 3 rings (SSSR count). The summed E-state index contributed by atoms with van der Waals surface area (Å²) in [5.74, 6) is 0.343. The van der Waals surface area contributed by atoms with Crippen LogP contribution in [0.2, 0.25) is 0 Å². The molecule has 29 heavy (non-hydrogen) atoms. The Hall–Kier alpha value is -2.58. The van der Waals surface area contributed by atoms with Gasteiger partial charge in [0.2, 0.25) is 15.9 Å². The third-order valence-electron chi connectivity index (χ3n) is 4.99. The zero-order valence-corrected chi connectivity index (χ0v) is 17.6. The van der Waals surface area contributed by atoms with Gasteiger partial charge in [-0.05, 0) is 17.7 Å². The second-order valence-corrected chi connectivity index (χ2v) is 9.02. The van der Waals surface area contributed by atoms with E-state index in [2.05, 4.69) is 17.0 Å². The molecule has 1 aliphatic rings. The van der Waals surface area contributed by atoms with Crippen LogP contribution in [0.1, 0.15) is 5.56 Å². The Kier molecular flexibility index (Phi) is 6.76. The molecular formula is C21H27N3O4S. The van der Waals surface area contributed by atoms with Crippen molar-refractivity contribution in [3.05, 3.63) is 60.2 Å². The summed E-state index contributed by atoms with van der Waals surface area (Å²) in [7, 11) is -2.09. The zero-order valence-electron chi connectivity index (χ0n) is 16.8. The number of amides is 1. The molecule has 0 unspecified atom stereocenters. The van der Waals surface area contributed by atoms with Crippen LogP contribution in [0.4, 0.5) is 5.69 Å². The van der Waals surface area contributed by atoms with Crippen LogP contribution in [-0.2, 0) is 21.4 Å². The number of carbonyl (C=O) groups excluding carboxylic acids is 1. The molecule has 0 bridgehead atoms. The van der Waals surface area contributed by atoms with E-state index in [-0.39, 0.29) is 12.5 Å². The van der Waals surface area contributed by atoms with Gasteiger partial charge < -0.3 is 9.64 Å². The Morgan fingerprint density at radius 3 is 2.34 bits per heavy atom. The van der Waals surface area contributed by atoms with Crippen molar-refractivity contribution in [1.82, 2.24) is 9.80 Å². The third-order valence-corrected chi connectivity index (χ3v) is 6.14. The smallest absolute Gasteiger partial charge is 0.243 e. The minimum absolute atomic E-state index is 0.197. The van der Waals surface area contributed by atoms with Gasteiger partial charge in [-0.1, -0.05) is 36.4 Å². The van der Waals surface area contributed by atoms with E-state index in [0.29, 0.717) is 24.5 Å². The maximum atomic E-state index is 12.8. The van der Waals surface area contributed by atoms with Crippen molar-refractivity contribution in [2.45, 2.75) is 6.54 Å². The number of hydrogen-bond acceptors (Lipinski definition) is 5. The average molecular weight is 418 g/mol. The number of methoxy groups -OCH3 is 1. The SMILES string of the molecule is COc1cccc(N(CC(=O)N2CCN(Cc3ccccc3)CC2)S(C)(=O)=O)c1. The summed E-state index contributed by atoms with van der Waals surface area (Å²) in [6.07, 6.45) is 1.11. The van der Waals surface area contributed by atoms with Crippen molar-refractivity contribution in [2.24, 2.45) is 0 Å². The molecule has 1 amide bonds.